The summed E-state index contributed by atoms with van der Waals surface area (Å²) >= 11 is 0. The third-order valence-electron chi connectivity index (χ3n) is 11.3. The molecule has 0 saturated carbocycles. The van der Waals surface area contributed by atoms with E-state index in [4.69, 9.17) is 0 Å². The van der Waals surface area contributed by atoms with Gasteiger partial charge in [0.05, 0.1) is 12.5 Å². The average molecular weight is 670 g/mol. The van der Waals surface area contributed by atoms with Crippen molar-refractivity contribution >= 4 is 0 Å². The molecule has 0 fully saturated rings. The van der Waals surface area contributed by atoms with Gasteiger partial charge in [0.15, 0.2) is 0 Å². The molecule has 1 heterocycles. The summed E-state index contributed by atoms with van der Waals surface area (Å²) in [6.45, 7) is 8.29. The molecular weight excluding hydrogens is 593 g/mol. The molecule has 1 N–H and O–H groups in total. The third-order valence-corrected chi connectivity index (χ3v) is 11.3. The molecule has 2 heteroatoms. The molecule has 2 nitrogen and oxygen atoms in total. The smallest absolute Gasteiger partial charge is 0.247 e. The van der Waals surface area contributed by atoms with Crippen molar-refractivity contribution in [2.24, 2.45) is 0 Å². The maximum absolute atomic E-state index is 3.81. The minimum absolute atomic E-state index is 0.00439. The standard InChI is InChI=1S/C47H76N2/c1-4-6-8-10-12-14-15-16-17-18-19-21-23-25-33-40-49-41-39-48-46(49)45(38-32-24-22-20-13-11-9-7-5-2)47(3,44-36-30-27-31-37-44)42-43-34-28-26-29-35-43/h26-31,34-37,39,41,45H,4-25,32-33,38,40,42H2,1-3H3/p+1. The van der Waals surface area contributed by atoms with Crippen LogP contribution in [0.15, 0.2) is 73.1 Å². The topological polar surface area (TPSA) is 19.7 Å². The first-order chi connectivity index (χ1) is 24.2. The minimum atomic E-state index is 0.00439. The number of aryl methyl sites for hydroxylation is 1. The van der Waals surface area contributed by atoms with Gasteiger partial charge in [0, 0.05) is 5.41 Å². The summed E-state index contributed by atoms with van der Waals surface area (Å²) in [6, 6.07) is 22.7. The lowest BCUT2D eigenvalue weighted by atomic mass is 9.66. The Morgan fingerprint density at radius 3 is 1.45 bits per heavy atom. The number of benzene rings is 2. The summed E-state index contributed by atoms with van der Waals surface area (Å²) < 4.78 is 2.59. The van der Waals surface area contributed by atoms with Crippen molar-refractivity contribution < 1.29 is 4.57 Å². The summed E-state index contributed by atoms with van der Waals surface area (Å²) in [6.07, 6.45) is 40.5. The molecule has 3 rings (SSSR count). The Hall–Kier alpha value is -2.35. The number of hydrogen-bond acceptors (Lipinski definition) is 0. The summed E-state index contributed by atoms with van der Waals surface area (Å²) in [7, 11) is 0. The van der Waals surface area contributed by atoms with E-state index in [2.05, 4.69) is 103 Å². The first-order valence-corrected chi connectivity index (χ1v) is 21.3. The molecule has 0 amide bonds. The zero-order chi connectivity index (χ0) is 34.7. The SMILES string of the molecule is CCCCCCCCCCCCCCCCC[n+]1cc[nH]c1C(CCCCCCCCCCC)C(C)(Cc1ccccc1)c1ccccc1. The highest BCUT2D eigenvalue weighted by molar-refractivity contribution is 5.32. The van der Waals surface area contributed by atoms with Gasteiger partial charge in [0.25, 0.3) is 5.82 Å². The second-order valence-electron chi connectivity index (χ2n) is 15.6. The summed E-state index contributed by atoms with van der Waals surface area (Å²) in [5.41, 5.74) is 2.91. The lowest BCUT2D eigenvalue weighted by molar-refractivity contribution is -0.705. The average Bonchev–Trinajstić information content (AvgIpc) is 3.59. The number of aromatic amines is 1. The second-order valence-corrected chi connectivity index (χ2v) is 15.6. The molecule has 0 radical (unpaired) electrons. The van der Waals surface area contributed by atoms with Crippen LogP contribution in [0.5, 0.6) is 0 Å². The Morgan fingerprint density at radius 1 is 0.531 bits per heavy atom. The van der Waals surface area contributed by atoms with Crippen molar-refractivity contribution in [1.82, 2.24) is 4.98 Å². The predicted octanol–water partition coefficient (Wildman–Crippen LogP) is 14.4. The van der Waals surface area contributed by atoms with Crippen LogP contribution in [0, 0.1) is 0 Å². The van der Waals surface area contributed by atoms with E-state index in [1.54, 1.807) is 0 Å². The van der Waals surface area contributed by atoms with Gasteiger partial charge in [0.2, 0.25) is 0 Å². The molecule has 0 spiro atoms. The minimum Gasteiger partial charge on any atom is -0.247 e. The molecule has 0 saturated heterocycles. The van der Waals surface area contributed by atoms with Crippen LogP contribution in [0.3, 0.4) is 0 Å². The highest BCUT2D eigenvalue weighted by atomic mass is 15.1. The van der Waals surface area contributed by atoms with Crippen LogP contribution in [0.25, 0.3) is 0 Å². The van der Waals surface area contributed by atoms with Crippen molar-refractivity contribution in [1.29, 1.82) is 0 Å². The van der Waals surface area contributed by atoms with Gasteiger partial charge in [-0.2, -0.15) is 0 Å². The molecule has 274 valence electrons. The first-order valence-electron chi connectivity index (χ1n) is 21.3. The number of nitrogens with zero attached hydrogens (tertiary/aromatic N) is 1. The summed E-state index contributed by atoms with van der Waals surface area (Å²) in [5.74, 6) is 1.87. The van der Waals surface area contributed by atoms with Gasteiger partial charge in [-0.1, -0.05) is 223 Å². The van der Waals surface area contributed by atoms with Gasteiger partial charge in [-0.05, 0) is 36.8 Å². The van der Waals surface area contributed by atoms with E-state index >= 15 is 0 Å². The number of unbranched alkanes of at least 4 members (excludes halogenated alkanes) is 22. The molecule has 3 aromatic rings. The van der Waals surface area contributed by atoms with Crippen LogP contribution < -0.4 is 4.57 Å². The first kappa shape index (κ1) is 41.1. The van der Waals surface area contributed by atoms with E-state index < -0.39 is 0 Å². The molecule has 0 bridgehead atoms. The Morgan fingerprint density at radius 2 is 0.959 bits per heavy atom. The van der Waals surface area contributed by atoms with Crippen molar-refractivity contribution in [3.05, 3.63) is 90.0 Å². The summed E-state index contributed by atoms with van der Waals surface area (Å²) in [4.78, 5) is 3.81. The van der Waals surface area contributed by atoms with Gasteiger partial charge in [-0.25, -0.2) is 9.55 Å². The molecular formula is C47H77N2+. The summed E-state index contributed by atoms with van der Waals surface area (Å²) in [5, 5.41) is 0. The monoisotopic (exact) mass is 670 g/mol. The van der Waals surface area contributed by atoms with Crippen LogP contribution in [-0.2, 0) is 18.4 Å². The normalized spacial score (nSPS) is 13.4. The van der Waals surface area contributed by atoms with E-state index in [9.17, 15) is 0 Å². The maximum Gasteiger partial charge on any atom is 0.258 e. The van der Waals surface area contributed by atoms with Crippen molar-refractivity contribution in [2.75, 3.05) is 0 Å². The Labute approximate surface area is 304 Å². The lowest BCUT2D eigenvalue weighted by Gasteiger charge is -2.37. The van der Waals surface area contributed by atoms with Gasteiger partial charge in [0.1, 0.15) is 12.4 Å². The van der Waals surface area contributed by atoms with Crippen molar-refractivity contribution in [3.63, 3.8) is 0 Å². The Bertz CT molecular complexity index is 1150. The van der Waals surface area contributed by atoms with E-state index in [-0.39, 0.29) is 5.41 Å². The largest absolute Gasteiger partial charge is 0.258 e. The quantitative estimate of drug-likeness (QED) is 0.0519. The molecule has 0 aliphatic carbocycles. The lowest BCUT2D eigenvalue weighted by Crippen LogP contribution is -2.43. The van der Waals surface area contributed by atoms with Crippen LogP contribution in [0.4, 0.5) is 0 Å². The van der Waals surface area contributed by atoms with Gasteiger partial charge in [-0.15, -0.1) is 0 Å². The van der Waals surface area contributed by atoms with Crippen LogP contribution in [0.2, 0.25) is 0 Å². The highest BCUT2D eigenvalue weighted by Crippen LogP contribution is 2.43. The number of rotatable bonds is 31. The van der Waals surface area contributed by atoms with E-state index in [0.717, 1.165) is 13.0 Å². The van der Waals surface area contributed by atoms with E-state index in [1.165, 1.54) is 177 Å². The number of H-pyrrole nitrogens is 1. The second kappa shape index (κ2) is 26.5. The Kier molecular flexibility index (Phi) is 22.2. The van der Waals surface area contributed by atoms with Gasteiger partial charge >= 0.3 is 0 Å². The van der Waals surface area contributed by atoms with E-state index in [0.29, 0.717) is 5.92 Å². The van der Waals surface area contributed by atoms with Crippen LogP contribution >= 0.6 is 0 Å². The molecule has 2 unspecified atom stereocenters. The zero-order valence-corrected chi connectivity index (χ0v) is 32.5. The number of hydrogen-bond donors (Lipinski definition) is 1. The fourth-order valence-electron chi connectivity index (χ4n) is 8.21. The molecule has 2 atom stereocenters. The molecule has 2 aromatic carbocycles. The number of imidazole rings is 1. The molecule has 0 aliphatic rings. The molecule has 1 aromatic heterocycles. The molecule has 0 aliphatic heterocycles. The highest BCUT2D eigenvalue weighted by Gasteiger charge is 2.41. The van der Waals surface area contributed by atoms with Crippen molar-refractivity contribution in [3.8, 4) is 0 Å². The fraction of sp³-hybridized carbons (Fsp3) is 0.681. The Balaban J connectivity index is 1.54. The maximum atomic E-state index is 3.81. The fourth-order valence-corrected chi connectivity index (χ4v) is 8.21. The number of nitrogens with one attached hydrogen (secondary N) is 1. The third kappa shape index (κ3) is 16.5. The van der Waals surface area contributed by atoms with Gasteiger partial charge in [-0.3, -0.25) is 0 Å². The van der Waals surface area contributed by atoms with Crippen LogP contribution in [-0.4, -0.2) is 4.98 Å². The van der Waals surface area contributed by atoms with E-state index in [1.807, 2.05) is 0 Å². The van der Waals surface area contributed by atoms with Gasteiger partial charge < -0.3 is 0 Å². The number of aromatic nitrogens is 2. The zero-order valence-electron chi connectivity index (χ0n) is 32.5. The predicted molar refractivity (Wildman–Crippen MR) is 214 cm³/mol. The molecule has 49 heavy (non-hydrogen) atoms. The van der Waals surface area contributed by atoms with Crippen LogP contribution in [0.1, 0.15) is 204 Å². The van der Waals surface area contributed by atoms with Crippen molar-refractivity contribution in [2.45, 2.75) is 206 Å².